The fourth-order valence-electron chi connectivity index (χ4n) is 3.20. The number of benzene rings is 1. The molecule has 0 saturated heterocycles. The maximum atomic E-state index is 13.5. The number of rotatable bonds is 7. The van der Waals surface area contributed by atoms with Crippen LogP contribution in [0.3, 0.4) is 0 Å². The minimum atomic E-state index is -1.22. The van der Waals surface area contributed by atoms with Crippen molar-refractivity contribution in [3.8, 4) is 0 Å². The minimum Gasteiger partial charge on any atom is -0.444 e. The van der Waals surface area contributed by atoms with Crippen LogP contribution in [-0.2, 0) is 14.3 Å². The van der Waals surface area contributed by atoms with Crippen molar-refractivity contribution >= 4 is 17.9 Å². The van der Waals surface area contributed by atoms with E-state index in [-0.39, 0.29) is 11.9 Å². The van der Waals surface area contributed by atoms with Crippen molar-refractivity contribution in [3.05, 3.63) is 35.9 Å². The average Bonchev–Trinajstić information content (AvgIpc) is 3.46. The minimum absolute atomic E-state index is 0.141. The Kier molecular flexibility index (Phi) is 7.70. The average molecular weight is 434 g/mol. The van der Waals surface area contributed by atoms with E-state index in [1.54, 1.807) is 32.9 Å². The standard InChI is InChI=1S/C23H35N3O5/c1-22(2,3)25-19(28)18(15-10-8-7-9-11-15)26(16-12-13-16)20(29)17(14-27)24-21(30)31-23(4,5)6/h7-11,16-18,27H,12-14H2,1-6H3,(H,24,30)(H,25,28). The molecule has 1 aromatic rings. The first kappa shape index (κ1) is 24.7. The molecule has 1 saturated carbocycles. The van der Waals surface area contributed by atoms with Gasteiger partial charge in [0.05, 0.1) is 6.61 Å². The van der Waals surface area contributed by atoms with Gasteiger partial charge in [0, 0.05) is 11.6 Å². The van der Waals surface area contributed by atoms with Gasteiger partial charge in [-0.1, -0.05) is 30.3 Å². The SMILES string of the molecule is CC(C)(C)NC(=O)C(c1ccccc1)N(C(=O)C(CO)NC(=O)OC(C)(C)C)C1CC1. The first-order valence-electron chi connectivity index (χ1n) is 10.6. The highest BCUT2D eigenvalue weighted by Crippen LogP contribution is 2.35. The number of nitrogens with zero attached hydrogens (tertiary/aromatic N) is 1. The third-order valence-corrected chi connectivity index (χ3v) is 4.51. The predicted octanol–water partition coefficient (Wildman–Crippen LogP) is 2.52. The molecular formula is C23H35N3O5. The molecule has 3 amide bonds. The molecule has 0 aliphatic heterocycles. The van der Waals surface area contributed by atoms with Crippen molar-refractivity contribution in [3.63, 3.8) is 0 Å². The van der Waals surface area contributed by atoms with Gasteiger partial charge in [-0.2, -0.15) is 0 Å². The van der Waals surface area contributed by atoms with Crippen LogP contribution >= 0.6 is 0 Å². The number of nitrogens with one attached hydrogen (secondary N) is 2. The molecule has 2 atom stereocenters. The van der Waals surface area contributed by atoms with Crippen molar-refractivity contribution in [2.45, 2.75) is 83.6 Å². The van der Waals surface area contributed by atoms with Crippen LogP contribution in [0, 0.1) is 0 Å². The molecule has 31 heavy (non-hydrogen) atoms. The van der Waals surface area contributed by atoms with Gasteiger partial charge in [0.25, 0.3) is 0 Å². The predicted molar refractivity (Wildman–Crippen MR) is 117 cm³/mol. The largest absolute Gasteiger partial charge is 0.444 e. The summed E-state index contributed by atoms with van der Waals surface area (Å²) in [6, 6.07) is 6.81. The van der Waals surface area contributed by atoms with Gasteiger partial charge in [-0.15, -0.1) is 0 Å². The maximum absolute atomic E-state index is 13.5. The Morgan fingerprint density at radius 2 is 1.68 bits per heavy atom. The van der Waals surface area contributed by atoms with Gasteiger partial charge in [0.2, 0.25) is 11.8 Å². The summed E-state index contributed by atoms with van der Waals surface area (Å²) in [6.07, 6.45) is 0.705. The second kappa shape index (κ2) is 9.68. The van der Waals surface area contributed by atoms with E-state index in [2.05, 4.69) is 10.6 Å². The summed E-state index contributed by atoms with van der Waals surface area (Å²) in [5.74, 6) is -0.832. The molecule has 0 bridgehead atoms. The molecule has 0 radical (unpaired) electrons. The van der Waals surface area contributed by atoms with Crippen molar-refractivity contribution in [2.24, 2.45) is 0 Å². The monoisotopic (exact) mass is 433 g/mol. The fraction of sp³-hybridized carbons (Fsp3) is 0.609. The Morgan fingerprint density at radius 1 is 1.10 bits per heavy atom. The number of ether oxygens (including phenoxy) is 1. The molecule has 1 aromatic carbocycles. The van der Waals surface area contributed by atoms with E-state index >= 15 is 0 Å². The second-order valence-electron chi connectivity index (χ2n) is 9.91. The van der Waals surface area contributed by atoms with Crippen LogP contribution in [0.1, 0.15) is 66.0 Å². The molecule has 0 spiro atoms. The number of alkyl carbamates (subject to hydrolysis) is 1. The van der Waals surface area contributed by atoms with E-state index in [0.717, 1.165) is 12.8 Å². The van der Waals surface area contributed by atoms with Gasteiger partial charge in [0.1, 0.15) is 17.7 Å². The Labute approximate surface area is 184 Å². The lowest BCUT2D eigenvalue weighted by atomic mass is 10.0. The maximum Gasteiger partial charge on any atom is 0.408 e. The Hall–Kier alpha value is -2.61. The molecule has 8 heteroatoms. The quantitative estimate of drug-likeness (QED) is 0.612. The lowest BCUT2D eigenvalue weighted by Gasteiger charge is -2.35. The summed E-state index contributed by atoms with van der Waals surface area (Å²) in [5, 5.41) is 15.3. The highest BCUT2D eigenvalue weighted by atomic mass is 16.6. The van der Waals surface area contributed by atoms with Gasteiger partial charge in [0.15, 0.2) is 0 Å². The van der Waals surface area contributed by atoms with E-state index in [0.29, 0.717) is 5.56 Å². The van der Waals surface area contributed by atoms with Crippen LogP contribution in [0.2, 0.25) is 0 Å². The number of carbonyl (C=O) groups excluding carboxylic acids is 3. The third kappa shape index (κ3) is 7.54. The number of aliphatic hydroxyl groups excluding tert-OH is 1. The molecule has 172 valence electrons. The van der Waals surface area contributed by atoms with Crippen LogP contribution < -0.4 is 10.6 Å². The molecule has 8 nitrogen and oxygen atoms in total. The Bertz CT molecular complexity index is 779. The molecule has 2 rings (SSSR count). The number of amides is 3. The summed E-state index contributed by atoms with van der Waals surface area (Å²) < 4.78 is 5.22. The van der Waals surface area contributed by atoms with Crippen molar-refractivity contribution in [2.75, 3.05) is 6.61 Å². The van der Waals surface area contributed by atoms with Gasteiger partial charge >= 0.3 is 6.09 Å². The first-order valence-corrected chi connectivity index (χ1v) is 10.6. The fourth-order valence-corrected chi connectivity index (χ4v) is 3.20. The topological polar surface area (TPSA) is 108 Å². The highest BCUT2D eigenvalue weighted by molar-refractivity contribution is 5.92. The van der Waals surface area contributed by atoms with Crippen LogP contribution in [-0.4, -0.2) is 57.7 Å². The summed E-state index contributed by atoms with van der Waals surface area (Å²) in [4.78, 5) is 40.4. The Morgan fingerprint density at radius 3 is 2.13 bits per heavy atom. The molecule has 0 heterocycles. The number of hydrogen-bond donors (Lipinski definition) is 3. The summed E-state index contributed by atoms with van der Waals surface area (Å²) in [7, 11) is 0. The smallest absolute Gasteiger partial charge is 0.408 e. The van der Waals surface area contributed by atoms with Crippen molar-refractivity contribution in [1.29, 1.82) is 0 Å². The van der Waals surface area contributed by atoms with Gasteiger partial charge < -0.3 is 25.4 Å². The first-order chi connectivity index (χ1) is 14.3. The molecule has 2 unspecified atom stereocenters. The van der Waals surface area contributed by atoms with Crippen LogP contribution in [0.25, 0.3) is 0 Å². The zero-order valence-corrected chi connectivity index (χ0v) is 19.3. The zero-order chi connectivity index (χ0) is 23.4. The Balaban J connectivity index is 2.35. The van der Waals surface area contributed by atoms with E-state index in [9.17, 15) is 19.5 Å². The lowest BCUT2D eigenvalue weighted by Crippen LogP contribution is -2.56. The van der Waals surface area contributed by atoms with E-state index in [4.69, 9.17) is 4.74 Å². The highest BCUT2D eigenvalue weighted by Gasteiger charge is 2.44. The molecule has 1 fully saturated rings. The molecule has 1 aliphatic carbocycles. The second-order valence-corrected chi connectivity index (χ2v) is 9.91. The summed E-state index contributed by atoms with van der Waals surface area (Å²) in [6.45, 7) is 10.1. The van der Waals surface area contributed by atoms with E-state index in [1.165, 1.54) is 4.90 Å². The van der Waals surface area contributed by atoms with Gasteiger partial charge in [-0.25, -0.2) is 4.79 Å². The van der Waals surface area contributed by atoms with Crippen LogP contribution in [0.4, 0.5) is 4.79 Å². The summed E-state index contributed by atoms with van der Waals surface area (Å²) >= 11 is 0. The van der Waals surface area contributed by atoms with E-state index in [1.807, 2.05) is 39.0 Å². The van der Waals surface area contributed by atoms with Crippen LogP contribution in [0.15, 0.2) is 30.3 Å². The number of carbonyl (C=O) groups is 3. The molecule has 0 aromatic heterocycles. The van der Waals surface area contributed by atoms with Crippen LogP contribution in [0.5, 0.6) is 0 Å². The van der Waals surface area contributed by atoms with Crippen molar-refractivity contribution in [1.82, 2.24) is 15.5 Å². The van der Waals surface area contributed by atoms with Crippen molar-refractivity contribution < 1.29 is 24.2 Å². The summed E-state index contributed by atoms with van der Waals surface area (Å²) in [5.41, 5.74) is -0.575. The van der Waals surface area contributed by atoms with E-state index < -0.39 is 41.8 Å². The lowest BCUT2D eigenvalue weighted by molar-refractivity contribution is -0.144. The zero-order valence-electron chi connectivity index (χ0n) is 19.3. The molecule has 1 aliphatic rings. The number of aliphatic hydroxyl groups is 1. The molecule has 3 N–H and O–H groups in total. The number of hydrogen-bond acceptors (Lipinski definition) is 5. The van der Waals surface area contributed by atoms with Gasteiger partial charge in [-0.05, 0) is 59.9 Å². The molecular weight excluding hydrogens is 398 g/mol. The third-order valence-electron chi connectivity index (χ3n) is 4.51. The van der Waals surface area contributed by atoms with Gasteiger partial charge in [-0.3, -0.25) is 9.59 Å². The normalized spacial score (nSPS) is 16.1.